The van der Waals surface area contributed by atoms with E-state index >= 15 is 0 Å². The van der Waals surface area contributed by atoms with Crippen LogP contribution in [-0.4, -0.2) is 126 Å². The normalized spacial score (nSPS) is 26.2. The molecule has 54 heavy (non-hydrogen) atoms. The third kappa shape index (κ3) is 13.1. The summed E-state index contributed by atoms with van der Waals surface area (Å²) in [7, 11) is 3.19. The molecule has 4 amide bonds. The lowest BCUT2D eigenvalue weighted by atomic mass is 9.84. The lowest BCUT2D eigenvalue weighted by Crippen LogP contribution is -2.60. The van der Waals surface area contributed by atoms with Crippen molar-refractivity contribution in [2.45, 2.75) is 154 Å². The van der Waals surface area contributed by atoms with Gasteiger partial charge in [-0.05, 0) is 89.9 Å². The number of rotatable bonds is 18. The van der Waals surface area contributed by atoms with Gasteiger partial charge in [0.15, 0.2) is 5.78 Å². The molecule has 3 aliphatic rings. The van der Waals surface area contributed by atoms with E-state index in [0.717, 1.165) is 25.7 Å². The van der Waals surface area contributed by atoms with Crippen molar-refractivity contribution in [1.29, 1.82) is 0 Å². The van der Waals surface area contributed by atoms with E-state index in [9.17, 15) is 24.0 Å². The molecule has 0 radical (unpaired) electrons. The van der Waals surface area contributed by atoms with Gasteiger partial charge >= 0.3 is 12.0 Å². The highest BCUT2D eigenvalue weighted by Gasteiger charge is 2.39. The number of carbonyl (C=O) groups excluding carboxylic acids is 5. The number of ether oxygens (including phenoxy) is 2. The second-order valence-corrected chi connectivity index (χ2v) is 16.7. The first-order valence-electron chi connectivity index (χ1n) is 20.0. The Kier molecular flexibility index (Phi) is 18.0. The summed E-state index contributed by atoms with van der Waals surface area (Å²) >= 11 is 0. The van der Waals surface area contributed by atoms with Crippen LogP contribution in [0.5, 0.6) is 0 Å². The number of ketones is 1. The molecule has 0 heterocycles. The maximum absolute atomic E-state index is 14.0. The summed E-state index contributed by atoms with van der Waals surface area (Å²) in [6.45, 7) is 9.66. The molecule has 16 nitrogen and oxygen atoms in total. The highest BCUT2D eigenvalue weighted by molar-refractivity contribution is 5.93. The minimum Gasteiger partial charge on any atom is -0.381 e. The number of carbonyl (C=O) groups is 5. The van der Waals surface area contributed by atoms with Crippen molar-refractivity contribution >= 4 is 29.6 Å². The molecule has 3 fully saturated rings. The van der Waals surface area contributed by atoms with Crippen molar-refractivity contribution in [3.63, 3.8) is 0 Å². The van der Waals surface area contributed by atoms with Crippen LogP contribution >= 0.6 is 0 Å². The Labute approximate surface area is 322 Å². The fraction of sp³-hybridized carbons (Fsp3) is 0.868. The van der Waals surface area contributed by atoms with E-state index in [1.165, 1.54) is 19.8 Å². The molecule has 0 aromatic rings. The molecular weight excluding hydrogens is 696 g/mol. The molecule has 0 spiro atoms. The van der Waals surface area contributed by atoms with E-state index in [0.29, 0.717) is 63.8 Å². The fourth-order valence-corrected chi connectivity index (χ4v) is 8.18. The van der Waals surface area contributed by atoms with Crippen LogP contribution in [0.3, 0.4) is 0 Å². The third-order valence-corrected chi connectivity index (χ3v) is 11.9. The smallest absolute Gasteiger partial charge is 0.348 e. The third-order valence-electron chi connectivity index (χ3n) is 11.9. The van der Waals surface area contributed by atoms with Gasteiger partial charge in [-0.15, -0.1) is 0 Å². The van der Waals surface area contributed by atoms with Crippen LogP contribution in [-0.2, 0) is 33.5 Å². The summed E-state index contributed by atoms with van der Waals surface area (Å²) in [5, 5.41) is 6.13. The summed E-state index contributed by atoms with van der Waals surface area (Å²) in [5.74, 6) is 16.3. The molecule has 0 aromatic heterocycles. The van der Waals surface area contributed by atoms with Gasteiger partial charge in [-0.1, -0.05) is 33.6 Å². The molecule has 0 aromatic carbocycles. The topological polar surface area (TPSA) is 216 Å². The molecule has 4 atom stereocenters. The van der Waals surface area contributed by atoms with E-state index < -0.39 is 17.4 Å². The SMILES string of the molecule is COC1CC(OC)CC(C(=O)N(CCC(=O)ON)CC(=O)N(CCC(C)C)CC(=O)C(C)(C)NC2CCC(N(N)C(=O)N(N)C3CCCCC3C)CC2)C1. The Hall–Kier alpha value is -2.89. The van der Waals surface area contributed by atoms with E-state index in [2.05, 4.69) is 17.1 Å². The summed E-state index contributed by atoms with van der Waals surface area (Å²) in [6, 6.07) is -0.524. The van der Waals surface area contributed by atoms with Gasteiger partial charge in [-0.25, -0.2) is 16.5 Å². The molecule has 0 bridgehead atoms. The van der Waals surface area contributed by atoms with Crippen molar-refractivity contribution in [3.05, 3.63) is 0 Å². The fourth-order valence-electron chi connectivity index (χ4n) is 8.18. The quantitative estimate of drug-likeness (QED) is 0.0900. The maximum Gasteiger partial charge on any atom is 0.348 e. The highest BCUT2D eigenvalue weighted by atomic mass is 16.7. The molecule has 310 valence electrons. The minimum absolute atomic E-state index is 0.00799. The summed E-state index contributed by atoms with van der Waals surface area (Å²) in [6.07, 6.45) is 8.55. The van der Waals surface area contributed by atoms with Crippen molar-refractivity contribution in [2.75, 3.05) is 40.4 Å². The maximum atomic E-state index is 14.0. The van der Waals surface area contributed by atoms with Gasteiger partial charge in [0.2, 0.25) is 11.8 Å². The van der Waals surface area contributed by atoms with Crippen LogP contribution in [0.4, 0.5) is 4.79 Å². The summed E-state index contributed by atoms with van der Waals surface area (Å²) < 4.78 is 11.1. The van der Waals surface area contributed by atoms with E-state index in [1.54, 1.807) is 14.2 Å². The zero-order valence-corrected chi connectivity index (χ0v) is 33.9. The van der Waals surface area contributed by atoms with Crippen molar-refractivity contribution in [3.8, 4) is 0 Å². The molecule has 0 saturated heterocycles. The van der Waals surface area contributed by atoms with Gasteiger partial charge in [-0.2, -0.15) is 5.90 Å². The average molecular weight is 767 g/mol. The average Bonchev–Trinajstić information content (AvgIpc) is 3.16. The predicted molar refractivity (Wildman–Crippen MR) is 204 cm³/mol. The summed E-state index contributed by atoms with van der Waals surface area (Å²) in [5.41, 5.74) is -0.968. The van der Waals surface area contributed by atoms with Gasteiger partial charge in [0.25, 0.3) is 0 Å². The number of hydrogen-bond donors (Lipinski definition) is 4. The molecule has 3 rings (SSSR count). The zero-order chi connectivity index (χ0) is 40.2. The monoisotopic (exact) mass is 767 g/mol. The highest BCUT2D eigenvalue weighted by Crippen LogP contribution is 2.31. The number of hydrazine groups is 2. The van der Waals surface area contributed by atoms with Crippen LogP contribution in [0.2, 0.25) is 0 Å². The van der Waals surface area contributed by atoms with Crippen LogP contribution in [0.15, 0.2) is 0 Å². The summed E-state index contributed by atoms with van der Waals surface area (Å²) in [4.78, 5) is 74.3. The number of methoxy groups -OCH3 is 2. The van der Waals surface area contributed by atoms with E-state index in [-0.39, 0.29) is 85.9 Å². The van der Waals surface area contributed by atoms with Crippen molar-refractivity contribution in [1.82, 2.24) is 25.1 Å². The molecule has 16 heteroatoms. The Morgan fingerprint density at radius 1 is 0.815 bits per heavy atom. The predicted octanol–water partition coefficient (Wildman–Crippen LogP) is 2.63. The molecule has 7 N–H and O–H groups in total. The number of amides is 4. The Morgan fingerprint density at radius 2 is 1.43 bits per heavy atom. The largest absolute Gasteiger partial charge is 0.381 e. The first-order chi connectivity index (χ1) is 25.5. The molecular formula is C38H70N8O8. The molecule has 4 unspecified atom stereocenters. The number of urea groups is 1. The standard InChI is InChI=1S/C38H70N8O8/c1-25(2)16-18-43(34(48)24-44(19-17-35(49)54-41)36(50)27-20-30(52-6)22-31(21-27)53-7)23-33(47)38(4,5)42-28-12-14-29(15-13-28)45(39)37(51)46(40)32-11-9-8-10-26(32)3/h25-32,42H,8-24,39-41H2,1-7H3. The van der Waals surface area contributed by atoms with Crippen LogP contribution < -0.4 is 22.9 Å². The van der Waals surface area contributed by atoms with E-state index in [4.69, 9.17) is 27.1 Å². The van der Waals surface area contributed by atoms with Gasteiger partial charge < -0.3 is 29.4 Å². The second kappa shape index (κ2) is 21.4. The first-order valence-corrected chi connectivity index (χ1v) is 20.0. The minimum atomic E-state index is -0.968. The van der Waals surface area contributed by atoms with E-state index in [1.807, 2.05) is 27.7 Å². The van der Waals surface area contributed by atoms with Crippen LogP contribution in [0.1, 0.15) is 118 Å². The molecule has 3 aliphatic carbocycles. The number of hydrogen-bond acceptors (Lipinski definition) is 12. The molecule has 3 saturated carbocycles. The Morgan fingerprint density at radius 3 is 1.98 bits per heavy atom. The Balaban J connectivity index is 1.64. The number of nitrogens with one attached hydrogen (secondary N) is 1. The lowest BCUT2D eigenvalue weighted by Gasteiger charge is -2.41. The van der Waals surface area contributed by atoms with Crippen molar-refractivity contribution < 1.29 is 38.3 Å². The van der Waals surface area contributed by atoms with Gasteiger partial charge in [0.1, 0.15) is 0 Å². The van der Waals surface area contributed by atoms with Gasteiger partial charge in [0.05, 0.1) is 49.3 Å². The van der Waals surface area contributed by atoms with Crippen LogP contribution in [0, 0.1) is 17.8 Å². The number of Topliss-reactive ketones (excluding diaryl/α,β-unsaturated/α-hetero) is 1. The van der Waals surface area contributed by atoms with Gasteiger partial charge in [0, 0.05) is 39.3 Å². The number of nitrogens with zero attached hydrogens (tertiary/aromatic N) is 4. The number of nitrogens with two attached hydrogens (primary N) is 3. The molecule has 0 aliphatic heterocycles. The lowest BCUT2D eigenvalue weighted by molar-refractivity contribution is -0.150. The first kappa shape index (κ1) is 45.5. The van der Waals surface area contributed by atoms with Crippen LogP contribution in [0.25, 0.3) is 0 Å². The van der Waals surface area contributed by atoms with Gasteiger partial charge in [-0.3, -0.25) is 29.2 Å². The Bertz CT molecular complexity index is 1230. The second-order valence-electron chi connectivity index (χ2n) is 16.7. The van der Waals surface area contributed by atoms with Crippen molar-refractivity contribution in [2.24, 2.45) is 35.3 Å². The zero-order valence-electron chi connectivity index (χ0n) is 33.9.